The van der Waals surface area contributed by atoms with Crippen LogP contribution >= 0.6 is 0 Å². The molecule has 3 heteroatoms. The van der Waals surface area contributed by atoms with Crippen LogP contribution in [0.2, 0.25) is 0 Å². The highest BCUT2D eigenvalue weighted by molar-refractivity contribution is 4.76. The summed E-state index contributed by atoms with van der Waals surface area (Å²) >= 11 is 0. The van der Waals surface area contributed by atoms with Crippen LogP contribution in [-0.2, 0) is 9.47 Å². The van der Waals surface area contributed by atoms with Gasteiger partial charge in [-0.2, -0.15) is 0 Å². The molecule has 10 heavy (non-hydrogen) atoms. The second-order valence-electron chi connectivity index (χ2n) is 2.82. The molecular weight excluding hydrogens is 132 g/mol. The third-order valence-electron chi connectivity index (χ3n) is 1.88. The van der Waals surface area contributed by atoms with E-state index in [2.05, 4.69) is 0 Å². The third kappa shape index (κ3) is 1.17. The minimum Gasteiger partial charge on any atom is -0.391 e. The highest BCUT2D eigenvalue weighted by Gasteiger charge is 2.38. The summed E-state index contributed by atoms with van der Waals surface area (Å²) in [4.78, 5) is 0. The second kappa shape index (κ2) is 2.86. The zero-order valence-corrected chi connectivity index (χ0v) is 6.46. The summed E-state index contributed by atoms with van der Waals surface area (Å²) in [5.41, 5.74) is 0. The molecule has 0 bridgehead atoms. The molecule has 1 heterocycles. The highest BCUT2D eigenvalue weighted by Crippen LogP contribution is 2.26. The van der Waals surface area contributed by atoms with Gasteiger partial charge < -0.3 is 14.6 Å². The molecule has 0 spiro atoms. The van der Waals surface area contributed by atoms with E-state index < -0.39 is 5.79 Å². The molecule has 60 valence electrons. The van der Waals surface area contributed by atoms with Crippen molar-refractivity contribution in [2.75, 3.05) is 19.8 Å². The van der Waals surface area contributed by atoms with E-state index in [1.807, 2.05) is 13.8 Å². The summed E-state index contributed by atoms with van der Waals surface area (Å²) in [6.45, 7) is 5.09. The van der Waals surface area contributed by atoms with Crippen molar-refractivity contribution in [2.45, 2.75) is 19.6 Å². The molecule has 3 nitrogen and oxygen atoms in total. The average molecular weight is 146 g/mol. The summed E-state index contributed by atoms with van der Waals surface area (Å²) < 4.78 is 10.6. The monoisotopic (exact) mass is 146 g/mol. The van der Waals surface area contributed by atoms with Crippen molar-refractivity contribution in [2.24, 2.45) is 5.92 Å². The molecule has 1 aliphatic heterocycles. The maximum absolute atomic E-state index is 8.94. The number of ether oxygens (including phenoxy) is 2. The number of hydrogen-bond acceptors (Lipinski definition) is 3. The van der Waals surface area contributed by atoms with Crippen LogP contribution in [0.1, 0.15) is 13.8 Å². The number of aliphatic hydroxyl groups excluding tert-OH is 1. The molecule has 0 aromatic carbocycles. The van der Waals surface area contributed by atoms with Gasteiger partial charge in [0.05, 0.1) is 19.8 Å². The molecular formula is C7H14O3. The smallest absolute Gasteiger partial charge is 0.194 e. The Balaban J connectivity index is 2.58. The van der Waals surface area contributed by atoms with Crippen molar-refractivity contribution in [1.29, 1.82) is 0 Å². The Morgan fingerprint density at radius 3 is 2.10 bits per heavy atom. The predicted molar refractivity (Wildman–Crippen MR) is 36.6 cm³/mol. The van der Waals surface area contributed by atoms with E-state index in [-0.39, 0.29) is 12.5 Å². The molecule has 0 saturated carbocycles. The first-order valence-electron chi connectivity index (χ1n) is 3.60. The average Bonchev–Trinajstić information content (AvgIpc) is 2.35. The lowest BCUT2D eigenvalue weighted by Crippen LogP contribution is -2.40. The van der Waals surface area contributed by atoms with Gasteiger partial charge in [0.2, 0.25) is 0 Å². The lowest BCUT2D eigenvalue weighted by atomic mass is 10.0. The standard InChI is InChI=1S/C7H14O3/c1-6(2)7(5-8)9-3-4-10-7/h6,8H,3-5H2,1-2H3. The third-order valence-corrected chi connectivity index (χ3v) is 1.88. The Hall–Kier alpha value is -0.120. The summed E-state index contributed by atoms with van der Waals surface area (Å²) in [6.07, 6.45) is 0. The van der Waals surface area contributed by atoms with Crippen molar-refractivity contribution >= 4 is 0 Å². The summed E-state index contributed by atoms with van der Waals surface area (Å²) in [7, 11) is 0. The summed E-state index contributed by atoms with van der Waals surface area (Å²) in [5, 5.41) is 8.94. The van der Waals surface area contributed by atoms with Gasteiger partial charge in [-0.25, -0.2) is 0 Å². The molecule has 0 aromatic rings. The zero-order chi connectivity index (χ0) is 7.61. The Labute approximate surface area is 60.9 Å². The van der Waals surface area contributed by atoms with Crippen LogP contribution < -0.4 is 0 Å². The maximum atomic E-state index is 8.94. The molecule has 1 fully saturated rings. The topological polar surface area (TPSA) is 38.7 Å². The van der Waals surface area contributed by atoms with Gasteiger partial charge in [0.25, 0.3) is 0 Å². The van der Waals surface area contributed by atoms with E-state index in [1.54, 1.807) is 0 Å². The molecule has 0 unspecified atom stereocenters. The van der Waals surface area contributed by atoms with E-state index in [1.165, 1.54) is 0 Å². The fourth-order valence-corrected chi connectivity index (χ4v) is 1.08. The fraction of sp³-hybridized carbons (Fsp3) is 1.00. The number of hydrogen-bond donors (Lipinski definition) is 1. The SMILES string of the molecule is CC(C)C1(CO)OCCO1. The van der Waals surface area contributed by atoms with Crippen LogP contribution in [0, 0.1) is 5.92 Å². The Morgan fingerprint density at radius 2 is 1.90 bits per heavy atom. The van der Waals surface area contributed by atoms with Gasteiger partial charge >= 0.3 is 0 Å². The Morgan fingerprint density at radius 1 is 1.40 bits per heavy atom. The predicted octanol–water partition coefficient (Wildman–Crippen LogP) is 0.378. The Bertz CT molecular complexity index is 105. The van der Waals surface area contributed by atoms with E-state index >= 15 is 0 Å². The minimum atomic E-state index is -0.708. The molecule has 0 radical (unpaired) electrons. The molecule has 0 aromatic heterocycles. The molecule has 1 saturated heterocycles. The summed E-state index contributed by atoms with van der Waals surface area (Å²) in [5.74, 6) is -0.500. The summed E-state index contributed by atoms with van der Waals surface area (Å²) in [6, 6.07) is 0. The van der Waals surface area contributed by atoms with Gasteiger partial charge in [0.1, 0.15) is 0 Å². The van der Waals surface area contributed by atoms with Crippen molar-refractivity contribution in [3.05, 3.63) is 0 Å². The first-order chi connectivity index (χ1) is 4.71. The number of rotatable bonds is 2. The van der Waals surface area contributed by atoms with E-state index in [0.717, 1.165) is 0 Å². The van der Waals surface area contributed by atoms with Gasteiger partial charge in [0, 0.05) is 5.92 Å². The highest BCUT2D eigenvalue weighted by atomic mass is 16.7. The lowest BCUT2D eigenvalue weighted by molar-refractivity contribution is -0.210. The van der Waals surface area contributed by atoms with Crippen LogP contribution in [0.4, 0.5) is 0 Å². The lowest BCUT2D eigenvalue weighted by Gasteiger charge is -2.28. The molecule has 0 amide bonds. The number of aliphatic hydroxyl groups is 1. The quantitative estimate of drug-likeness (QED) is 0.612. The first-order valence-corrected chi connectivity index (χ1v) is 3.60. The van der Waals surface area contributed by atoms with Gasteiger partial charge in [-0.15, -0.1) is 0 Å². The van der Waals surface area contributed by atoms with Crippen molar-refractivity contribution in [3.8, 4) is 0 Å². The van der Waals surface area contributed by atoms with E-state index in [0.29, 0.717) is 13.2 Å². The fourth-order valence-electron chi connectivity index (χ4n) is 1.08. The molecule has 1 rings (SSSR count). The van der Waals surface area contributed by atoms with Crippen LogP contribution in [0.25, 0.3) is 0 Å². The maximum Gasteiger partial charge on any atom is 0.194 e. The van der Waals surface area contributed by atoms with Crippen LogP contribution in [0.5, 0.6) is 0 Å². The molecule has 1 aliphatic rings. The van der Waals surface area contributed by atoms with Gasteiger partial charge in [-0.05, 0) is 0 Å². The minimum absolute atomic E-state index is 0.0509. The van der Waals surface area contributed by atoms with E-state index in [4.69, 9.17) is 14.6 Å². The van der Waals surface area contributed by atoms with Crippen molar-refractivity contribution in [3.63, 3.8) is 0 Å². The molecule has 1 N–H and O–H groups in total. The van der Waals surface area contributed by atoms with Gasteiger partial charge in [0.15, 0.2) is 5.79 Å². The van der Waals surface area contributed by atoms with E-state index in [9.17, 15) is 0 Å². The van der Waals surface area contributed by atoms with Crippen molar-refractivity contribution < 1.29 is 14.6 Å². The zero-order valence-electron chi connectivity index (χ0n) is 6.46. The van der Waals surface area contributed by atoms with Gasteiger partial charge in [-0.3, -0.25) is 0 Å². The molecule has 0 atom stereocenters. The van der Waals surface area contributed by atoms with Gasteiger partial charge in [-0.1, -0.05) is 13.8 Å². The van der Waals surface area contributed by atoms with Crippen LogP contribution in [0.3, 0.4) is 0 Å². The van der Waals surface area contributed by atoms with Crippen LogP contribution in [0.15, 0.2) is 0 Å². The molecule has 0 aliphatic carbocycles. The first kappa shape index (κ1) is 7.98. The van der Waals surface area contributed by atoms with Crippen molar-refractivity contribution in [1.82, 2.24) is 0 Å². The largest absolute Gasteiger partial charge is 0.391 e. The normalized spacial score (nSPS) is 24.0. The Kier molecular flexibility index (Phi) is 2.28. The van der Waals surface area contributed by atoms with Crippen LogP contribution in [-0.4, -0.2) is 30.7 Å². The second-order valence-corrected chi connectivity index (χ2v) is 2.82.